The molecule has 6 heteroatoms. The number of rotatable bonds is 3. The first-order valence-corrected chi connectivity index (χ1v) is 7.04. The van der Waals surface area contributed by atoms with Crippen LogP contribution in [0.5, 0.6) is 0 Å². The van der Waals surface area contributed by atoms with Crippen molar-refractivity contribution in [1.29, 1.82) is 0 Å². The maximum atomic E-state index is 11.3. The molecule has 0 fully saturated rings. The van der Waals surface area contributed by atoms with Crippen LogP contribution in [-0.2, 0) is 0 Å². The number of amides is 1. The molecule has 4 N–H and O–H groups in total. The third-order valence-corrected chi connectivity index (χ3v) is 4.10. The number of carbonyl (C=O) groups is 1. The van der Waals surface area contributed by atoms with Gasteiger partial charge in [-0.05, 0) is 24.3 Å². The van der Waals surface area contributed by atoms with Crippen LogP contribution in [0.15, 0.2) is 58.7 Å². The Labute approximate surface area is 125 Å². The van der Waals surface area contributed by atoms with Gasteiger partial charge in [0, 0.05) is 21.5 Å². The first kappa shape index (κ1) is 13.4. The molecular formula is C15H12N4OS. The van der Waals surface area contributed by atoms with E-state index >= 15 is 0 Å². The van der Waals surface area contributed by atoms with Crippen LogP contribution in [-0.4, -0.2) is 15.9 Å². The van der Waals surface area contributed by atoms with Gasteiger partial charge in [-0.15, -0.1) is 0 Å². The van der Waals surface area contributed by atoms with Crippen LogP contribution >= 0.6 is 11.8 Å². The minimum atomic E-state index is -0.482. The summed E-state index contributed by atoms with van der Waals surface area (Å²) in [6.07, 6.45) is 1.51. The van der Waals surface area contributed by atoms with Crippen LogP contribution in [0.2, 0.25) is 0 Å². The number of aromatic nitrogens is 2. The smallest absolute Gasteiger partial charge is 0.248 e. The SMILES string of the molecule is NC(=O)c1ccc(N)c(Sc2ncnc3ccccc23)c1. The summed E-state index contributed by atoms with van der Waals surface area (Å²) >= 11 is 1.39. The van der Waals surface area contributed by atoms with Gasteiger partial charge in [-0.1, -0.05) is 30.0 Å². The highest BCUT2D eigenvalue weighted by molar-refractivity contribution is 7.99. The standard InChI is InChI=1S/C15H12N4OS/c16-11-6-5-9(14(17)20)7-13(11)21-15-10-3-1-2-4-12(10)18-8-19-15/h1-8H,16H2,(H2,17,20). The van der Waals surface area contributed by atoms with Crippen LogP contribution in [0.4, 0.5) is 5.69 Å². The van der Waals surface area contributed by atoms with E-state index in [0.717, 1.165) is 20.8 Å². The van der Waals surface area contributed by atoms with E-state index in [0.29, 0.717) is 11.3 Å². The summed E-state index contributed by atoms with van der Waals surface area (Å²) in [4.78, 5) is 20.5. The van der Waals surface area contributed by atoms with Crippen LogP contribution in [0, 0.1) is 0 Å². The zero-order valence-corrected chi connectivity index (χ0v) is 11.8. The minimum absolute atomic E-state index is 0.421. The zero-order valence-electron chi connectivity index (χ0n) is 11.0. The van der Waals surface area contributed by atoms with Crippen LogP contribution in [0.3, 0.4) is 0 Å². The van der Waals surface area contributed by atoms with Crippen LogP contribution in [0.1, 0.15) is 10.4 Å². The fourth-order valence-electron chi connectivity index (χ4n) is 1.94. The number of carbonyl (C=O) groups excluding carboxylic acids is 1. The summed E-state index contributed by atoms with van der Waals surface area (Å²) in [6, 6.07) is 12.7. The number of hydrogen-bond donors (Lipinski definition) is 2. The molecule has 2 aromatic carbocycles. The molecule has 0 aliphatic carbocycles. The van der Waals surface area contributed by atoms with Crippen LogP contribution in [0.25, 0.3) is 10.9 Å². The van der Waals surface area contributed by atoms with Gasteiger partial charge in [0.05, 0.1) is 5.52 Å². The van der Waals surface area contributed by atoms with Gasteiger partial charge in [-0.25, -0.2) is 9.97 Å². The highest BCUT2D eigenvalue weighted by Crippen LogP contribution is 2.34. The Hall–Kier alpha value is -2.60. The summed E-state index contributed by atoms with van der Waals surface area (Å²) in [5, 5.41) is 1.72. The first-order chi connectivity index (χ1) is 10.1. The molecule has 0 radical (unpaired) electrons. The van der Waals surface area contributed by atoms with Gasteiger partial charge in [0.1, 0.15) is 11.4 Å². The molecular weight excluding hydrogens is 284 g/mol. The van der Waals surface area contributed by atoms with Crippen molar-refractivity contribution in [1.82, 2.24) is 9.97 Å². The Morgan fingerprint density at radius 1 is 1.10 bits per heavy atom. The molecule has 0 bridgehead atoms. The second-order valence-corrected chi connectivity index (χ2v) is 5.45. The maximum Gasteiger partial charge on any atom is 0.248 e. The minimum Gasteiger partial charge on any atom is -0.398 e. The Balaban J connectivity index is 2.06. The highest BCUT2D eigenvalue weighted by atomic mass is 32.2. The second-order valence-electron chi connectivity index (χ2n) is 4.41. The fraction of sp³-hybridized carbons (Fsp3) is 0. The Kier molecular flexibility index (Phi) is 3.45. The summed E-state index contributed by atoms with van der Waals surface area (Å²) in [7, 11) is 0. The van der Waals surface area contributed by atoms with Crippen molar-refractivity contribution in [3.63, 3.8) is 0 Å². The third-order valence-electron chi connectivity index (χ3n) is 3.01. The number of nitrogens with two attached hydrogens (primary N) is 2. The summed E-state index contributed by atoms with van der Waals surface area (Å²) in [6.45, 7) is 0. The van der Waals surface area contributed by atoms with E-state index in [2.05, 4.69) is 9.97 Å². The number of hydrogen-bond acceptors (Lipinski definition) is 5. The lowest BCUT2D eigenvalue weighted by Crippen LogP contribution is -2.11. The molecule has 1 aromatic heterocycles. The molecule has 0 atom stereocenters. The van der Waals surface area contributed by atoms with Crippen molar-refractivity contribution >= 4 is 34.3 Å². The molecule has 3 aromatic rings. The van der Waals surface area contributed by atoms with Gasteiger partial charge < -0.3 is 11.5 Å². The largest absolute Gasteiger partial charge is 0.398 e. The molecule has 0 aliphatic rings. The van der Waals surface area contributed by atoms with Crippen molar-refractivity contribution in [2.75, 3.05) is 5.73 Å². The number of fused-ring (bicyclic) bond motifs is 1. The van der Waals surface area contributed by atoms with Gasteiger partial charge in [-0.2, -0.15) is 0 Å². The topological polar surface area (TPSA) is 94.9 Å². The van der Waals surface area contributed by atoms with Gasteiger partial charge in [0.2, 0.25) is 5.91 Å². The van der Waals surface area contributed by atoms with Crippen molar-refractivity contribution < 1.29 is 4.79 Å². The van der Waals surface area contributed by atoms with E-state index in [1.165, 1.54) is 18.1 Å². The third kappa shape index (κ3) is 2.66. The van der Waals surface area contributed by atoms with Gasteiger partial charge >= 0.3 is 0 Å². The average Bonchev–Trinajstić information content (AvgIpc) is 2.49. The quantitative estimate of drug-likeness (QED) is 0.572. The lowest BCUT2D eigenvalue weighted by molar-refractivity contribution is 0.1000. The lowest BCUT2D eigenvalue weighted by Gasteiger charge is -2.08. The Morgan fingerprint density at radius 3 is 2.71 bits per heavy atom. The van der Waals surface area contributed by atoms with E-state index in [9.17, 15) is 4.79 Å². The number of anilines is 1. The predicted octanol–water partition coefficient (Wildman–Crippen LogP) is 2.46. The van der Waals surface area contributed by atoms with Crippen LogP contribution < -0.4 is 11.5 Å². The molecule has 5 nitrogen and oxygen atoms in total. The van der Waals surface area contributed by atoms with Crippen molar-refractivity contribution in [2.45, 2.75) is 9.92 Å². The molecule has 0 aliphatic heterocycles. The molecule has 104 valence electrons. The predicted molar refractivity (Wildman–Crippen MR) is 83.0 cm³/mol. The molecule has 0 saturated carbocycles. The zero-order chi connectivity index (χ0) is 14.8. The number of benzene rings is 2. The maximum absolute atomic E-state index is 11.3. The summed E-state index contributed by atoms with van der Waals surface area (Å²) in [5.74, 6) is -0.482. The van der Waals surface area contributed by atoms with E-state index in [4.69, 9.17) is 11.5 Å². The van der Waals surface area contributed by atoms with E-state index in [1.54, 1.807) is 18.2 Å². The molecule has 1 amide bonds. The monoisotopic (exact) mass is 296 g/mol. The van der Waals surface area contributed by atoms with Gasteiger partial charge in [-0.3, -0.25) is 4.79 Å². The Morgan fingerprint density at radius 2 is 1.90 bits per heavy atom. The average molecular weight is 296 g/mol. The first-order valence-electron chi connectivity index (χ1n) is 6.22. The van der Waals surface area contributed by atoms with Crippen molar-refractivity contribution in [3.05, 3.63) is 54.4 Å². The van der Waals surface area contributed by atoms with Gasteiger partial charge in [0.15, 0.2) is 0 Å². The van der Waals surface area contributed by atoms with E-state index in [-0.39, 0.29) is 0 Å². The molecule has 21 heavy (non-hydrogen) atoms. The number of nitrogen functional groups attached to an aromatic ring is 1. The van der Waals surface area contributed by atoms with Crippen molar-refractivity contribution in [2.24, 2.45) is 5.73 Å². The van der Waals surface area contributed by atoms with E-state index in [1.807, 2.05) is 24.3 Å². The lowest BCUT2D eigenvalue weighted by atomic mass is 10.2. The highest BCUT2D eigenvalue weighted by Gasteiger charge is 2.10. The van der Waals surface area contributed by atoms with Gasteiger partial charge in [0.25, 0.3) is 0 Å². The fourth-order valence-corrected chi connectivity index (χ4v) is 2.90. The number of primary amides is 1. The molecule has 0 spiro atoms. The number of nitrogens with zero attached hydrogens (tertiary/aromatic N) is 2. The summed E-state index contributed by atoms with van der Waals surface area (Å²) < 4.78 is 0. The van der Waals surface area contributed by atoms with E-state index < -0.39 is 5.91 Å². The molecule has 1 heterocycles. The second kappa shape index (κ2) is 5.41. The summed E-state index contributed by atoms with van der Waals surface area (Å²) in [5.41, 5.74) is 13.1. The molecule has 0 saturated heterocycles. The molecule has 3 rings (SSSR count). The molecule has 0 unspecified atom stereocenters. The Bertz CT molecular complexity index is 830. The normalized spacial score (nSPS) is 10.7. The van der Waals surface area contributed by atoms with Crippen molar-refractivity contribution in [3.8, 4) is 0 Å². The number of para-hydroxylation sites is 1.